The first-order chi connectivity index (χ1) is 13.1. The molecule has 0 atom stereocenters. The highest BCUT2D eigenvalue weighted by molar-refractivity contribution is 5.89. The first-order valence-corrected chi connectivity index (χ1v) is 8.56. The number of carbonyl (C=O) groups is 2. The van der Waals surface area contributed by atoms with E-state index in [0.29, 0.717) is 36.8 Å². The third kappa shape index (κ3) is 5.91. The fraction of sp³-hybridized carbons (Fsp3) is 0.300. The van der Waals surface area contributed by atoms with Crippen molar-refractivity contribution in [1.82, 2.24) is 10.6 Å². The van der Waals surface area contributed by atoms with E-state index in [1.165, 1.54) is 0 Å². The maximum Gasteiger partial charge on any atom is 0.338 e. The van der Waals surface area contributed by atoms with Gasteiger partial charge in [0.2, 0.25) is 0 Å². The Bertz CT molecular complexity index is 774. The number of hydrogen-bond acceptors (Lipinski definition) is 5. The second-order valence-corrected chi connectivity index (χ2v) is 5.64. The first kappa shape index (κ1) is 20.1. The van der Waals surface area contributed by atoms with Crippen LogP contribution in [-0.4, -0.2) is 32.8 Å². The van der Waals surface area contributed by atoms with Crippen LogP contribution in [0.2, 0.25) is 0 Å². The van der Waals surface area contributed by atoms with Crippen LogP contribution in [0.15, 0.2) is 42.5 Å². The van der Waals surface area contributed by atoms with E-state index < -0.39 is 0 Å². The summed E-state index contributed by atoms with van der Waals surface area (Å²) < 4.78 is 15.4. The summed E-state index contributed by atoms with van der Waals surface area (Å²) in [7, 11) is 3.14. The van der Waals surface area contributed by atoms with Crippen LogP contribution in [0, 0.1) is 0 Å². The number of hydrogen-bond donors (Lipinski definition) is 2. The quantitative estimate of drug-likeness (QED) is 0.696. The minimum absolute atomic E-state index is 0.292. The van der Waals surface area contributed by atoms with E-state index in [9.17, 15) is 9.59 Å². The average molecular weight is 372 g/mol. The Labute approximate surface area is 158 Å². The van der Waals surface area contributed by atoms with Crippen molar-refractivity contribution in [2.75, 3.05) is 20.8 Å². The van der Waals surface area contributed by atoms with Gasteiger partial charge in [-0.05, 0) is 42.3 Å². The smallest absolute Gasteiger partial charge is 0.338 e. The van der Waals surface area contributed by atoms with Crippen molar-refractivity contribution in [1.29, 1.82) is 0 Å². The van der Waals surface area contributed by atoms with Crippen LogP contribution in [0.4, 0.5) is 4.79 Å². The van der Waals surface area contributed by atoms with E-state index in [1.54, 1.807) is 51.5 Å². The zero-order valence-corrected chi connectivity index (χ0v) is 15.7. The number of ether oxygens (including phenoxy) is 3. The van der Waals surface area contributed by atoms with Gasteiger partial charge < -0.3 is 24.8 Å². The number of urea groups is 1. The van der Waals surface area contributed by atoms with Crippen molar-refractivity contribution in [2.45, 2.75) is 20.0 Å². The summed E-state index contributed by atoms with van der Waals surface area (Å²) in [5.74, 6) is 0.889. The highest BCUT2D eigenvalue weighted by atomic mass is 16.5. The van der Waals surface area contributed by atoms with Crippen LogP contribution in [0.25, 0.3) is 0 Å². The van der Waals surface area contributed by atoms with Gasteiger partial charge in [0.15, 0.2) is 11.5 Å². The van der Waals surface area contributed by atoms with E-state index in [4.69, 9.17) is 14.2 Å². The van der Waals surface area contributed by atoms with Crippen LogP contribution in [0.5, 0.6) is 11.5 Å². The summed E-state index contributed by atoms with van der Waals surface area (Å²) in [4.78, 5) is 23.6. The van der Waals surface area contributed by atoms with Gasteiger partial charge in [-0.3, -0.25) is 0 Å². The number of carbonyl (C=O) groups excluding carboxylic acids is 2. The Morgan fingerprint density at radius 2 is 1.44 bits per heavy atom. The lowest BCUT2D eigenvalue weighted by atomic mass is 10.1. The molecule has 0 fully saturated rings. The minimum Gasteiger partial charge on any atom is -0.493 e. The minimum atomic E-state index is -0.357. The zero-order chi connectivity index (χ0) is 19.6. The third-order valence-electron chi connectivity index (χ3n) is 3.82. The van der Waals surface area contributed by atoms with Crippen molar-refractivity contribution >= 4 is 12.0 Å². The predicted octanol–water partition coefficient (Wildman–Crippen LogP) is 2.88. The van der Waals surface area contributed by atoms with E-state index >= 15 is 0 Å². The largest absolute Gasteiger partial charge is 0.493 e. The van der Waals surface area contributed by atoms with Crippen molar-refractivity contribution in [3.63, 3.8) is 0 Å². The molecule has 144 valence electrons. The topological polar surface area (TPSA) is 85.9 Å². The van der Waals surface area contributed by atoms with Gasteiger partial charge in [0.05, 0.1) is 26.4 Å². The van der Waals surface area contributed by atoms with Crippen molar-refractivity contribution < 1.29 is 23.8 Å². The molecule has 0 saturated carbocycles. The van der Waals surface area contributed by atoms with Crippen molar-refractivity contribution in [2.24, 2.45) is 0 Å². The van der Waals surface area contributed by atoms with E-state index in [1.807, 2.05) is 12.1 Å². The highest BCUT2D eigenvalue weighted by Crippen LogP contribution is 2.27. The number of esters is 1. The Morgan fingerprint density at radius 1 is 0.852 bits per heavy atom. The number of nitrogens with one attached hydrogen (secondary N) is 2. The molecule has 0 heterocycles. The maximum atomic E-state index is 12.0. The van der Waals surface area contributed by atoms with Crippen molar-refractivity contribution in [3.8, 4) is 11.5 Å². The summed E-state index contributed by atoms with van der Waals surface area (Å²) >= 11 is 0. The standard InChI is InChI=1S/C20H24N2O5/c1-4-27-19(23)16-8-5-14(6-9-16)12-21-20(24)22-13-15-7-10-17(25-2)18(11-15)26-3/h5-11H,4,12-13H2,1-3H3,(H2,21,22,24). The van der Waals surface area contributed by atoms with Crippen LogP contribution in [0.1, 0.15) is 28.4 Å². The van der Waals surface area contributed by atoms with Gasteiger partial charge in [0, 0.05) is 13.1 Å². The van der Waals surface area contributed by atoms with Crippen LogP contribution >= 0.6 is 0 Å². The fourth-order valence-corrected chi connectivity index (χ4v) is 2.39. The third-order valence-corrected chi connectivity index (χ3v) is 3.82. The molecule has 27 heavy (non-hydrogen) atoms. The molecular formula is C20H24N2O5. The number of amides is 2. The van der Waals surface area contributed by atoms with Gasteiger partial charge in [0.1, 0.15) is 0 Å². The molecule has 0 aliphatic rings. The van der Waals surface area contributed by atoms with Gasteiger partial charge >= 0.3 is 12.0 Å². The van der Waals surface area contributed by atoms with Crippen LogP contribution < -0.4 is 20.1 Å². The number of benzene rings is 2. The Balaban J connectivity index is 1.82. The molecule has 2 amide bonds. The van der Waals surface area contributed by atoms with Gasteiger partial charge in [-0.1, -0.05) is 18.2 Å². The second-order valence-electron chi connectivity index (χ2n) is 5.64. The lowest BCUT2D eigenvalue weighted by molar-refractivity contribution is 0.0526. The van der Waals surface area contributed by atoms with Gasteiger partial charge in [-0.15, -0.1) is 0 Å². The molecule has 0 bridgehead atoms. The number of rotatable bonds is 8. The molecule has 0 unspecified atom stereocenters. The van der Waals surface area contributed by atoms with Gasteiger partial charge in [-0.2, -0.15) is 0 Å². The summed E-state index contributed by atoms with van der Waals surface area (Å²) in [6, 6.07) is 12.1. The Kier molecular flexibility index (Phi) is 7.49. The summed E-state index contributed by atoms with van der Waals surface area (Å²) in [6.45, 7) is 2.80. The van der Waals surface area contributed by atoms with Gasteiger partial charge in [-0.25, -0.2) is 9.59 Å². The Hall–Kier alpha value is -3.22. The molecular weight excluding hydrogens is 348 g/mol. The maximum absolute atomic E-state index is 12.0. The molecule has 2 aromatic carbocycles. The lowest BCUT2D eigenvalue weighted by Gasteiger charge is -2.11. The molecule has 0 aliphatic carbocycles. The normalized spacial score (nSPS) is 10.0. The molecule has 7 nitrogen and oxygen atoms in total. The summed E-state index contributed by atoms with van der Waals surface area (Å²) in [5.41, 5.74) is 2.25. The monoisotopic (exact) mass is 372 g/mol. The SMILES string of the molecule is CCOC(=O)c1ccc(CNC(=O)NCc2ccc(OC)c(OC)c2)cc1. The average Bonchev–Trinajstić information content (AvgIpc) is 2.71. The van der Waals surface area contributed by atoms with E-state index in [2.05, 4.69) is 10.6 Å². The van der Waals surface area contributed by atoms with Crippen molar-refractivity contribution in [3.05, 3.63) is 59.2 Å². The molecule has 2 N–H and O–H groups in total. The molecule has 0 spiro atoms. The molecule has 0 aromatic heterocycles. The first-order valence-electron chi connectivity index (χ1n) is 8.56. The number of methoxy groups -OCH3 is 2. The molecule has 0 saturated heterocycles. The van der Waals surface area contributed by atoms with E-state index in [0.717, 1.165) is 11.1 Å². The second kappa shape index (κ2) is 10.1. The predicted molar refractivity (Wildman–Crippen MR) is 101 cm³/mol. The molecule has 2 aromatic rings. The summed E-state index contributed by atoms with van der Waals surface area (Å²) in [6.07, 6.45) is 0. The van der Waals surface area contributed by atoms with Gasteiger partial charge in [0.25, 0.3) is 0 Å². The molecule has 2 rings (SSSR count). The van der Waals surface area contributed by atoms with Crippen LogP contribution in [-0.2, 0) is 17.8 Å². The summed E-state index contributed by atoms with van der Waals surface area (Å²) in [5, 5.41) is 5.56. The molecule has 0 radical (unpaired) electrons. The van der Waals surface area contributed by atoms with E-state index in [-0.39, 0.29) is 12.0 Å². The van der Waals surface area contributed by atoms with Crippen LogP contribution in [0.3, 0.4) is 0 Å². The molecule has 7 heteroatoms. The highest BCUT2D eigenvalue weighted by Gasteiger charge is 2.08. The fourth-order valence-electron chi connectivity index (χ4n) is 2.39. The zero-order valence-electron chi connectivity index (χ0n) is 15.7. The Morgan fingerprint density at radius 3 is 2.04 bits per heavy atom. The lowest BCUT2D eigenvalue weighted by Crippen LogP contribution is -2.34. The molecule has 0 aliphatic heterocycles.